The minimum absolute atomic E-state index is 0.760. The number of aryl methyl sites for hydroxylation is 1. The quantitative estimate of drug-likeness (QED) is 0.776. The Morgan fingerprint density at radius 2 is 2.12 bits per heavy atom. The Kier molecular flexibility index (Phi) is 4.23. The van der Waals surface area contributed by atoms with Crippen LogP contribution in [-0.4, -0.2) is 20.3 Å². The number of benzene rings is 1. The Labute approximate surface area is 97.6 Å². The molecule has 88 valence electrons. The van der Waals surface area contributed by atoms with E-state index in [0.717, 1.165) is 31.3 Å². The first-order chi connectivity index (χ1) is 7.88. The van der Waals surface area contributed by atoms with Crippen LogP contribution in [0.4, 0.5) is 0 Å². The van der Waals surface area contributed by atoms with Crippen LogP contribution in [0.15, 0.2) is 24.3 Å². The van der Waals surface area contributed by atoms with Gasteiger partial charge in [-0.1, -0.05) is 12.1 Å². The fourth-order valence-corrected chi connectivity index (χ4v) is 2.20. The molecule has 1 aliphatic rings. The highest BCUT2D eigenvalue weighted by Gasteiger charge is 2.13. The Bertz CT molecular complexity index is 299. The van der Waals surface area contributed by atoms with Gasteiger partial charge < -0.3 is 9.47 Å². The summed E-state index contributed by atoms with van der Waals surface area (Å²) in [4.78, 5) is 0. The predicted octanol–water partition coefficient (Wildman–Crippen LogP) is 3.05. The molecule has 0 saturated carbocycles. The van der Waals surface area contributed by atoms with E-state index >= 15 is 0 Å². The standard InChI is InChI=1S/C14H20O2/c1-15-14-8-6-12(7-9-14)4-5-13-3-2-10-16-11-13/h6-9,13H,2-5,10-11H2,1H3. The second kappa shape index (κ2) is 5.90. The van der Waals surface area contributed by atoms with Gasteiger partial charge in [0.2, 0.25) is 0 Å². The van der Waals surface area contributed by atoms with Gasteiger partial charge in [0.25, 0.3) is 0 Å². The topological polar surface area (TPSA) is 18.5 Å². The van der Waals surface area contributed by atoms with E-state index in [4.69, 9.17) is 9.47 Å². The highest BCUT2D eigenvalue weighted by atomic mass is 16.5. The molecule has 1 unspecified atom stereocenters. The molecule has 1 atom stereocenters. The summed E-state index contributed by atoms with van der Waals surface area (Å²) in [7, 11) is 1.70. The molecule has 0 radical (unpaired) electrons. The van der Waals surface area contributed by atoms with Crippen LogP contribution in [0, 0.1) is 5.92 Å². The lowest BCUT2D eigenvalue weighted by Crippen LogP contribution is -2.17. The van der Waals surface area contributed by atoms with E-state index in [9.17, 15) is 0 Å². The van der Waals surface area contributed by atoms with E-state index in [1.54, 1.807) is 7.11 Å². The fourth-order valence-electron chi connectivity index (χ4n) is 2.20. The van der Waals surface area contributed by atoms with Crippen LogP contribution in [0.2, 0.25) is 0 Å². The van der Waals surface area contributed by atoms with Crippen molar-refractivity contribution >= 4 is 0 Å². The van der Waals surface area contributed by atoms with E-state index in [1.165, 1.54) is 24.8 Å². The lowest BCUT2D eigenvalue weighted by molar-refractivity contribution is 0.0518. The Morgan fingerprint density at radius 1 is 1.31 bits per heavy atom. The molecule has 16 heavy (non-hydrogen) atoms. The molecular formula is C14H20O2. The summed E-state index contributed by atoms with van der Waals surface area (Å²) in [6.45, 7) is 1.91. The molecule has 1 aromatic rings. The van der Waals surface area contributed by atoms with Crippen LogP contribution in [0.5, 0.6) is 5.75 Å². The van der Waals surface area contributed by atoms with Crippen molar-refractivity contribution in [2.75, 3.05) is 20.3 Å². The van der Waals surface area contributed by atoms with Crippen LogP contribution in [0.1, 0.15) is 24.8 Å². The van der Waals surface area contributed by atoms with Crippen molar-refractivity contribution in [3.8, 4) is 5.75 Å². The van der Waals surface area contributed by atoms with Crippen LogP contribution in [0.3, 0.4) is 0 Å². The van der Waals surface area contributed by atoms with E-state index in [-0.39, 0.29) is 0 Å². The summed E-state index contributed by atoms with van der Waals surface area (Å²) < 4.78 is 10.6. The Hall–Kier alpha value is -1.02. The van der Waals surface area contributed by atoms with Gasteiger partial charge in [-0.15, -0.1) is 0 Å². The third kappa shape index (κ3) is 3.24. The third-order valence-corrected chi connectivity index (χ3v) is 3.25. The summed E-state index contributed by atoms with van der Waals surface area (Å²) in [6.07, 6.45) is 4.95. The van der Waals surface area contributed by atoms with Crippen molar-refractivity contribution < 1.29 is 9.47 Å². The zero-order chi connectivity index (χ0) is 11.2. The monoisotopic (exact) mass is 220 g/mol. The lowest BCUT2D eigenvalue weighted by atomic mass is 9.94. The summed E-state index contributed by atoms with van der Waals surface area (Å²) in [5.41, 5.74) is 1.39. The highest BCUT2D eigenvalue weighted by Crippen LogP contribution is 2.20. The number of hydrogen-bond donors (Lipinski definition) is 0. The molecule has 0 aromatic heterocycles. The van der Waals surface area contributed by atoms with E-state index in [1.807, 2.05) is 12.1 Å². The summed E-state index contributed by atoms with van der Waals surface area (Å²) in [5, 5.41) is 0. The minimum atomic E-state index is 0.760. The molecule has 1 fully saturated rings. The molecule has 0 bridgehead atoms. The van der Waals surface area contributed by atoms with Gasteiger partial charge in [0.1, 0.15) is 5.75 Å². The van der Waals surface area contributed by atoms with Gasteiger partial charge in [-0.3, -0.25) is 0 Å². The second-order valence-corrected chi connectivity index (χ2v) is 4.47. The first kappa shape index (κ1) is 11.5. The largest absolute Gasteiger partial charge is 0.497 e. The molecule has 0 amide bonds. The fraction of sp³-hybridized carbons (Fsp3) is 0.571. The molecule has 2 rings (SSSR count). The van der Waals surface area contributed by atoms with E-state index in [2.05, 4.69) is 12.1 Å². The SMILES string of the molecule is COc1ccc(CCC2CCCOC2)cc1. The average Bonchev–Trinajstić information content (AvgIpc) is 2.38. The maximum Gasteiger partial charge on any atom is 0.118 e. The van der Waals surface area contributed by atoms with Gasteiger partial charge in [0.15, 0.2) is 0 Å². The van der Waals surface area contributed by atoms with Gasteiger partial charge in [-0.25, -0.2) is 0 Å². The average molecular weight is 220 g/mol. The van der Waals surface area contributed by atoms with Gasteiger partial charge in [0.05, 0.1) is 7.11 Å². The van der Waals surface area contributed by atoms with Gasteiger partial charge in [0, 0.05) is 13.2 Å². The normalized spacial score (nSPS) is 20.7. The van der Waals surface area contributed by atoms with Crippen molar-refractivity contribution in [3.05, 3.63) is 29.8 Å². The van der Waals surface area contributed by atoms with Crippen LogP contribution >= 0.6 is 0 Å². The lowest BCUT2D eigenvalue weighted by Gasteiger charge is -2.21. The van der Waals surface area contributed by atoms with Crippen molar-refractivity contribution in [2.45, 2.75) is 25.7 Å². The highest BCUT2D eigenvalue weighted by molar-refractivity contribution is 5.27. The van der Waals surface area contributed by atoms with Gasteiger partial charge >= 0.3 is 0 Å². The van der Waals surface area contributed by atoms with Crippen molar-refractivity contribution in [3.63, 3.8) is 0 Å². The van der Waals surface area contributed by atoms with Crippen LogP contribution in [-0.2, 0) is 11.2 Å². The van der Waals surface area contributed by atoms with Gasteiger partial charge in [-0.05, 0) is 49.3 Å². The van der Waals surface area contributed by atoms with Crippen LogP contribution in [0.25, 0.3) is 0 Å². The molecule has 1 heterocycles. The number of rotatable bonds is 4. The third-order valence-electron chi connectivity index (χ3n) is 3.25. The zero-order valence-corrected chi connectivity index (χ0v) is 9.95. The van der Waals surface area contributed by atoms with Crippen LogP contribution < -0.4 is 4.74 Å². The first-order valence-corrected chi connectivity index (χ1v) is 6.09. The smallest absolute Gasteiger partial charge is 0.118 e. The van der Waals surface area contributed by atoms with Gasteiger partial charge in [-0.2, -0.15) is 0 Å². The van der Waals surface area contributed by atoms with Crippen molar-refractivity contribution in [2.24, 2.45) is 5.92 Å². The number of ether oxygens (including phenoxy) is 2. The summed E-state index contributed by atoms with van der Waals surface area (Å²) in [5.74, 6) is 1.70. The molecule has 0 spiro atoms. The first-order valence-electron chi connectivity index (χ1n) is 6.09. The van der Waals surface area contributed by atoms with Crippen molar-refractivity contribution in [1.29, 1.82) is 0 Å². The molecule has 1 aromatic carbocycles. The molecular weight excluding hydrogens is 200 g/mol. The second-order valence-electron chi connectivity index (χ2n) is 4.47. The number of methoxy groups -OCH3 is 1. The van der Waals surface area contributed by atoms with E-state index in [0.29, 0.717) is 0 Å². The van der Waals surface area contributed by atoms with Crippen molar-refractivity contribution in [1.82, 2.24) is 0 Å². The molecule has 1 saturated heterocycles. The molecule has 0 aliphatic carbocycles. The Balaban J connectivity index is 1.79. The maximum absolute atomic E-state index is 5.49. The molecule has 2 heteroatoms. The minimum Gasteiger partial charge on any atom is -0.497 e. The summed E-state index contributed by atoms with van der Waals surface area (Å²) in [6, 6.07) is 8.38. The molecule has 2 nitrogen and oxygen atoms in total. The summed E-state index contributed by atoms with van der Waals surface area (Å²) >= 11 is 0. The predicted molar refractivity (Wildman–Crippen MR) is 64.9 cm³/mol. The maximum atomic E-state index is 5.49. The molecule has 0 N–H and O–H groups in total. The molecule has 1 aliphatic heterocycles. The number of hydrogen-bond acceptors (Lipinski definition) is 2. The Morgan fingerprint density at radius 3 is 2.75 bits per heavy atom. The zero-order valence-electron chi connectivity index (χ0n) is 9.95. The van der Waals surface area contributed by atoms with E-state index < -0.39 is 0 Å².